The Bertz CT molecular complexity index is 331. The van der Waals surface area contributed by atoms with E-state index in [4.69, 9.17) is 16.0 Å². The van der Waals surface area contributed by atoms with Gasteiger partial charge in [-0.2, -0.15) is 0 Å². The van der Waals surface area contributed by atoms with E-state index in [1.807, 2.05) is 30.3 Å². The average Bonchev–Trinajstić information content (AvgIpc) is 2.68. The Balaban J connectivity index is 2.00. The lowest BCUT2D eigenvalue weighted by Crippen LogP contribution is -2.10. The zero-order valence-corrected chi connectivity index (χ0v) is 7.72. The fraction of sp³-hybridized carbons (Fsp3) is 0.364. The summed E-state index contributed by atoms with van der Waals surface area (Å²) in [6.45, 7) is 7.53. The minimum Gasteiger partial charge on any atom is -0.343 e. The molecule has 0 amide bonds. The highest BCUT2D eigenvalue weighted by Gasteiger charge is 2.28. The van der Waals surface area contributed by atoms with Crippen molar-refractivity contribution in [1.29, 1.82) is 0 Å². The van der Waals surface area contributed by atoms with Crippen LogP contribution in [-0.2, 0) is 9.47 Å². The Morgan fingerprint density at radius 3 is 2.86 bits per heavy atom. The first-order valence-corrected chi connectivity index (χ1v) is 4.55. The van der Waals surface area contributed by atoms with Gasteiger partial charge in [-0.1, -0.05) is 30.3 Å². The zero-order valence-electron chi connectivity index (χ0n) is 7.72. The quantitative estimate of drug-likeness (QED) is 0.664. The summed E-state index contributed by atoms with van der Waals surface area (Å²) in [5, 5.41) is 0. The summed E-state index contributed by atoms with van der Waals surface area (Å²) in [5.74, 6) is 0. The maximum atomic E-state index is 6.70. The molecule has 0 aliphatic carbocycles. The van der Waals surface area contributed by atoms with Crippen molar-refractivity contribution in [1.82, 2.24) is 0 Å². The van der Waals surface area contributed by atoms with Crippen molar-refractivity contribution in [2.75, 3.05) is 13.2 Å². The van der Waals surface area contributed by atoms with Crippen LogP contribution in [0.4, 0.5) is 0 Å². The molecule has 14 heavy (non-hydrogen) atoms. The second-order valence-corrected chi connectivity index (χ2v) is 3.14. The first-order chi connectivity index (χ1) is 6.90. The molecule has 1 heterocycles. The van der Waals surface area contributed by atoms with Gasteiger partial charge in [-0.25, -0.2) is 6.57 Å². The number of benzene rings is 1. The molecule has 1 aromatic rings. The standard InChI is InChI=1S/C11H11NO2/c1-12-7-11-13-8-10(14-11)9-5-3-2-4-6-9/h2-6,10-11H,7-8H2. The molecular formula is C11H11NO2. The molecule has 0 saturated carbocycles. The van der Waals surface area contributed by atoms with Gasteiger partial charge < -0.3 is 14.3 Å². The lowest BCUT2D eigenvalue weighted by molar-refractivity contribution is -0.0446. The summed E-state index contributed by atoms with van der Waals surface area (Å²) < 4.78 is 10.9. The van der Waals surface area contributed by atoms with Gasteiger partial charge in [0.05, 0.1) is 6.61 Å². The maximum absolute atomic E-state index is 6.70. The molecule has 0 N–H and O–H groups in total. The SMILES string of the molecule is [C-]#[N+]CC1OCC(c2ccccc2)O1. The second-order valence-electron chi connectivity index (χ2n) is 3.14. The summed E-state index contributed by atoms with van der Waals surface area (Å²) in [7, 11) is 0. The van der Waals surface area contributed by atoms with E-state index >= 15 is 0 Å². The number of ether oxygens (including phenoxy) is 2. The van der Waals surface area contributed by atoms with Crippen LogP contribution in [0.3, 0.4) is 0 Å². The molecule has 0 bridgehead atoms. The number of hydrogen-bond donors (Lipinski definition) is 0. The van der Waals surface area contributed by atoms with E-state index < -0.39 is 0 Å². The minimum atomic E-state index is -0.349. The molecule has 0 aromatic heterocycles. The van der Waals surface area contributed by atoms with Crippen LogP contribution in [0.1, 0.15) is 11.7 Å². The highest BCUT2D eigenvalue weighted by Crippen LogP contribution is 2.26. The maximum Gasteiger partial charge on any atom is 0.264 e. The van der Waals surface area contributed by atoms with E-state index in [1.165, 1.54) is 0 Å². The Kier molecular flexibility index (Phi) is 2.78. The minimum absolute atomic E-state index is 0.0112. The Labute approximate surface area is 83.1 Å². The van der Waals surface area contributed by atoms with Crippen LogP contribution in [-0.4, -0.2) is 19.4 Å². The Hall–Kier alpha value is -1.37. The highest BCUT2D eigenvalue weighted by molar-refractivity contribution is 5.18. The highest BCUT2D eigenvalue weighted by atomic mass is 16.7. The van der Waals surface area contributed by atoms with Crippen molar-refractivity contribution in [2.24, 2.45) is 0 Å². The van der Waals surface area contributed by atoms with E-state index in [0.717, 1.165) is 5.56 Å². The van der Waals surface area contributed by atoms with E-state index in [1.54, 1.807) is 0 Å². The van der Waals surface area contributed by atoms with Gasteiger partial charge in [-0.3, -0.25) is 0 Å². The zero-order chi connectivity index (χ0) is 9.80. The number of rotatable bonds is 2. The van der Waals surface area contributed by atoms with Crippen LogP contribution < -0.4 is 0 Å². The molecule has 0 radical (unpaired) electrons. The van der Waals surface area contributed by atoms with Gasteiger partial charge >= 0.3 is 0 Å². The van der Waals surface area contributed by atoms with Gasteiger partial charge in [-0.05, 0) is 5.56 Å². The molecule has 2 atom stereocenters. The van der Waals surface area contributed by atoms with Gasteiger partial charge in [0, 0.05) is 0 Å². The molecule has 1 fully saturated rings. The van der Waals surface area contributed by atoms with E-state index in [-0.39, 0.29) is 18.9 Å². The summed E-state index contributed by atoms with van der Waals surface area (Å²) in [5.41, 5.74) is 1.11. The first-order valence-electron chi connectivity index (χ1n) is 4.55. The van der Waals surface area contributed by atoms with E-state index in [2.05, 4.69) is 4.85 Å². The predicted octanol–water partition coefficient (Wildman–Crippen LogP) is 2.02. The molecule has 72 valence electrons. The Morgan fingerprint density at radius 1 is 1.36 bits per heavy atom. The summed E-state index contributed by atoms with van der Waals surface area (Å²) >= 11 is 0. The monoisotopic (exact) mass is 189 g/mol. The fourth-order valence-corrected chi connectivity index (χ4v) is 1.47. The topological polar surface area (TPSA) is 22.8 Å². The third kappa shape index (κ3) is 1.92. The van der Waals surface area contributed by atoms with Crippen molar-refractivity contribution in [3.63, 3.8) is 0 Å². The van der Waals surface area contributed by atoms with Crippen LogP contribution in [0.25, 0.3) is 4.85 Å². The van der Waals surface area contributed by atoms with Crippen LogP contribution in [0, 0.1) is 6.57 Å². The summed E-state index contributed by atoms with van der Waals surface area (Å²) in [6.07, 6.45) is -0.361. The molecule has 2 rings (SSSR count). The smallest absolute Gasteiger partial charge is 0.264 e. The molecule has 1 saturated heterocycles. The third-order valence-corrected chi connectivity index (χ3v) is 2.16. The van der Waals surface area contributed by atoms with Crippen molar-refractivity contribution in [3.05, 3.63) is 47.3 Å². The number of nitrogens with zero attached hydrogens (tertiary/aromatic N) is 1. The summed E-state index contributed by atoms with van der Waals surface area (Å²) in [4.78, 5) is 3.25. The molecule has 1 aliphatic rings. The lowest BCUT2D eigenvalue weighted by Gasteiger charge is -2.07. The second kappa shape index (κ2) is 4.23. The molecule has 1 aliphatic heterocycles. The van der Waals surface area contributed by atoms with Crippen LogP contribution in [0.15, 0.2) is 30.3 Å². The fourth-order valence-electron chi connectivity index (χ4n) is 1.47. The van der Waals surface area contributed by atoms with Crippen molar-refractivity contribution < 1.29 is 9.47 Å². The average molecular weight is 189 g/mol. The Morgan fingerprint density at radius 2 is 2.14 bits per heavy atom. The molecule has 1 aromatic carbocycles. The molecule has 0 spiro atoms. The number of hydrogen-bond acceptors (Lipinski definition) is 2. The molecule has 2 unspecified atom stereocenters. The van der Waals surface area contributed by atoms with Crippen molar-refractivity contribution >= 4 is 0 Å². The van der Waals surface area contributed by atoms with E-state index in [0.29, 0.717) is 6.61 Å². The normalized spacial score (nSPS) is 25.9. The van der Waals surface area contributed by atoms with Crippen LogP contribution in [0.2, 0.25) is 0 Å². The third-order valence-electron chi connectivity index (χ3n) is 2.16. The van der Waals surface area contributed by atoms with Crippen LogP contribution >= 0.6 is 0 Å². The van der Waals surface area contributed by atoms with E-state index in [9.17, 15) is 0 Å². The molecule has 3 heteroatoms. The van der Waals surface area contributed by atoms with Gasteiger partial charge in [0.1, 0.15) is 6.10 Å². The molecule has 3 nitrogen and oxygen atoms in total. The van der Waals surface area contributed by atoms with Gasteiger partial charge in [0.15, 0.2) is 0 Å². The van der Waals surface area contributed by atoms with Gasteiger partial charge in [-0.15, -0.1) is 0 Å². The predicted molar refractivity (Wildman–Crippen MR) is 51.5 cm³/mol. The van der Waals surface area contributed by atoms with Gasteiger partial charge in [0.25, 0.3) is 6.54 Å². The lowest BCUT2D eigenvalue weighted by atomic mass is 10.1. The van der Waals surface area contributed by atoms with Gasteiger partial charge in [0.2, 0.25) is 6.29 Å². The van der Waals surface area contributed by atoms with Crippen molar-refractivity contribution in [2.45, 2.75) is 12.4 Å². The first kappa shape index (κ1) is 9.20. The summed E-state index contributed by atoms with van der Waals surface area (Å²) in [6, 6.07) is 9.93. The van der Waals surface area contributed by atoms with Crippen molar-refractivity contribution in [3.8, 4) is 0 Å². The molecular weight excluding hydrogens is 178 g/mol. The van der Waals surface area contributed by atoms with Crippen LogP contribution in [0.5, 0.6) is 0 Å². The largest absolute Gasteiger partial charge is 0.343 e.